The number of Topliss-reactive ketones (excluding diaryl/α,β-unsaturated/α-hetero) is 1. The van der Waals surface area contributed by atoms with Gasteiger partial charge in [0.25, 0.3) is 0 Å². The van der Waals surface area contributed by atoms with Gasteiger partial charge in [0.15, 0.2) is 5.78 Å². The number of hydrogen-bond acceptors (Lipinski definition) is 1. The second-order valence-corrected chi connectivity index (χ2v) is 10.8. The van der Waals surface area contributed by atoms with Gasteiger partial charge in [-0.05, 0) is 68.1 Å². The molecule has 2 unspecified atom stereocenters. The molecule has 3 rings (SSSR count). The summed E-state index contributed by atoms with van der Waals surface area (Å²) >= 11 is 0. The Morgan fingerprint density at radius 3 is 1.84 bits per heavy atom. The van der Waals surface area contributed by atoms with E-state index in [4.69, 9.17) is 0 Å². The van der Waals surface area contributed by atoms with Gasteiger partial charge in [-0.3, -0.25) is 4.79 Å². The first-order valence-electron chi connectivity index (χ1n) is 13.3. The van der Waals surface area contributed by atoms with Crippen LogP contribution in [0.25, 0.3) is 0 Å². The predicted molar refractivity (Wildman–Crippen MR) is 134 cm³/mol. The van der Waals surface area contributed by atoms with Crippen molar-refractivity contribution in [1.29, 1.82) is 0 Å². The number of hydrogen-bond donors (Lipinski definition) is 0. The maximum Gasteiger partial charge on any atom is 0.173 e. The van der Waals surface area contributed by atoms with E-state index in [0.29, 0.717) is 17.6 Å². The summed E-state index contributed by atoms with van der Waals surface area (Å²) in [5.41, 5.74) is 7.91. The van der Waals surface area contributed by atoms with Crippen LogP contribution in [0.15, 0.2) is 45.6 Å². The molecule has 0 N–H and O–H groups in total. The van der Waals surface area contributed by atoms with Crippen molar-refractivity contribution in [3.8, 4) is 0 Å². The Bertz CT molecular complexity index is 782. The van der Waals surface area contributed by atoms with E-state index in [1.54, 1.807) is 0 Å². The van der Waals surface area contributed by atoms with Crippen LogP contribution in [0.3, 0.4) is 0 Å². The van der Waals surface area contributed by atoms with Crippen molar-refractivity contribution in [2.24, 2.45) is 17.3 Å². The molecule has 3 aliphatic carbocycles. The number of carbonyl (C=O) groups is 1. The zero-order valence-electron chi connectivity index (χ0n) is 21.2. The quantitative estimate of drug-likeness (QED) is 0.306. The first-order chi connectivity index (χ1) is 14.9. The monoisotopic (exact) mass is 422 g/mol. The zero-order valence-corrected chi connectivity index (χ0v) is 21.2. The molecule has 1 heteroatoms. The van der Waals surface area contributed by atoms with Crippen molar-refractivity contribution in [2.75, 3.05) is 0 Å². The van der Waals surface area contributed by atoms with Crippen molar-refractivity contribution in [1.82, 2.24) is 0 Å². The summed E-state index contributed by atoms with van der Waals surface area (Å²) in [7, 11) is 0. The Morgan fingerprint density at radius 1 is 0.806 bits per heavy atom. The summed E-state index contributed by atoms with van der Waals surface area (Å²) in [5.74, 6) is 1.75. The topological polar surface area (TPSA) is 17.1 Å². The van der Waals surface area contributed by atoms with Crippen LogP contribution in [-0.4, -0.2) is 5.78 Å². The highest BCUT2D eigenvalue weighted by Crippen LogP contribution is 2.56. The molecule has 0 fully saturated rings. The first kappa shape index (κ1) is 24.3. The number of allylic oxidation sites excluding steroid dienone is 8. The third-order valence-corrected chi connectivity index (χ3v) is 8.26. The Kier molecular flexibility index (Phi) is 8.22. The fourth-order valence-electron chi connectivity index (χ4n) is 6.43. The van der Waals surface area contributed by atoms with Crippen LogP contribution in [0.2, 0.25) is 0 Å². The highest BCUT2D eigenvalue weighted by Gasteiger charge is 2.50. The van der Waals surface area contributed by atoms with E-state index in [-0.39, 0.29) is 5.41 Å². The van der Waals surface area contributed by atoms with Crippen molar-refractivity contribution in [3.63, 3.8) is 0 Å². The second kappa shape index (κ2) is 10.5. The van der Waals surface area contributed by atoms with E-state index < -0.39 is 0 Å². The van der Waals surface area contributed by atoms with Crippen LogP contribution in [-0.2, 0) is 4.79 Å². The SMILES string of the molecule is CCCCC(CC)CC1(CC(CC)CCCC)C(=O)C2=C(CC(C)=C2)C2=C1C=C(C)C2. The van der Waals surface area contributed by atoms with E-state index in [1.807, 2.05) is 0 Å². The highest BCUT2D eigenvalue weighted by atomic mass is 16.1. The number of unbranched alkanes of at least 4 members (excludes halogenated alkanes) is 2. The van der Waals surface area contributed by atoms with Gasteiger partial charge < -0.3 is 0 Å². The maximum atomic E-state index is 14.4. The van der Waals surface area contributed by atoms with Gasteiger partial charge in [0.05, 0.1) is 5.41 Å². The minimum absolute atomic E-state index is 0.296. The van der Waals surface area contributed by atoms with Crippen molar-refractivity contribution < 1.29 is 4.79 Å². The minimum atomic E-state index is -0.296. The Morgan fingerprint density at radius 2 is 1.32 bits per heavy atom. The Balaban J connectivity index is 2.07. The molecule has 31 heavy (non-hydrogen) atoms. The summed E-state index contributed by atoms with van der Waals surface area (Å²) in [6.07, 6.45) is 18.8. The highest BCUT2D eigenvalue weighted by molar-refractivity contribution is 6.09. The molecule has 0 amide bonds. The summed E-state index contributed by atoms with van der Waals surface area (Å²) < 4.78 is 0. The molecule has 172 valence electrons. The van der Waals surface area contributed by atoms with Gasteiger partial charge in [-0.1, -0.05) is 102 Å². The third-order valence-electron chi connectivity index (χ3n) is 8.26. The lowest BCUT2D eigenvalue weighted by molar-refractivity contribution is -0.124. The first-order valence-corrected chi connectivity index (χ1v) is 13.3. The molecule has 3 aliphatic rings. The van der Waals surface area contributed by atoms with E-state index in [9.17, 15) is 4.79 Å². The van der Waals surface area contributed by atoms with E-state index in [1.165, 1.54) is 79.2 Å². The standard InChI is InChI=1S/C30H46O/c1-7-11-13-23(9-3)19-30(20-24(10-4)14-12-8-2)28-18-22(6)16-26(28)25-15-21(5)17-27(25)29(30)31/h17-18,23-24H,7-16,19-20H2,1-6H3. The lowest BCUT2D eigenvalue weighted by atomic mass is 9.59. The van der Waals surface area contributed by atoms with E-state index in [0.717, 1.165) is 31.3 Å². The molecular formula is C30H46O. The molecule has 0 aromatic rings. The molecule has 0 saturated carbocycles. The average molecular weight is 423 g/mol. The summed E-state index contributed by atoms with van der Waals surface area (Å²) in [6, 6.07) is 0. The van der Waals surface area contributed by atoms with Crippen LogP contribution in [0.1, 0.15) is 119 Å². The Labute approximate surface area is 192 Å². The number of rotatable bonds is 12. The van der Waals surface area contributed by atoms with Gasteiger partial charge in [0, 0.05) is 5.57 Å². The van der Waals surface area contributed by atoms with Crippen LogP contribution in [0, 0.1) is 17.3 Å². The lowest BCUT2D eigenvalue weighted by Crippen LogP contribution is -2.40. The fraction of sp³-hybridized carbons (Fsp3) is 0.700. The number of carbonyl (C=O) groups excluding carboxylic acids is 1. The minimum Gasteiger partial charge on any atom is -0.293 e. The molecule has 0 heterocycles. The van der Waals surface area contributed by atoms with Gasteiger partial charge in [-0.25, -0.2) is 0 Å². The van der Waals surface area contributed by atoms with E-state index >= 15 is 0 Å². The number of ketones is 1. The molecule has 0 aromatic carbocycles. The molecule has 2 atom stereocenters. The second-order valence-electron chi connectivity index (χ2n) is 10.8. The number of fused-ring (bicyclic) bond motifs is 1. The van der Waals surface area contributed by atoms with E-state index in [2.05, 4.69) is 53.7 Å². The molecule has 0 aromatic heterocycles. The van der Waals surface area contributed by atoms with Gasteiger partial charge >= 0.3 is 0 Å². The average Bonchev–Trinajstić information content (AvgIpc) is 3.34. The van der Waals surface area contributed by atoms with Gasteiger partial charge in [-0.15, -0.1) is 0 Å². The zero-order chi connectivity index (χ0) is 22.6. The summed E-state index contributed by atoms with van der Waals surface area (Å²) in [5, 5.41) is 0. The van der Waals surface area contributed by atoms with Crippen molar-refractivity contribution in [2.45, 2.75) is 119 Å². The summed E-state index contributed by atoms with van der Waals surface area (Å²) in [4.78, 5) is 14.4. The third kappa shape index (κ3) is 4.86. The van der Waals surface area contributed by atoms with Crippen LogP contribution >= 0.6 is 0 Å². The largest absolute Gasteiger partial charge is 0.293 e. The lowest BCUT2D eigenvalue weighted by Gasteiger charge is -2.42. The molecule has 0 aliphatic heterocycles. The molecule has 0 bridgehead atoms. The van der Waals surface area contributed by atoms with Gasteiger partial charge in [0.1, 0.15) is 0 Å². The van der Waals surface area contributed by atoms with Crippen LogP contribution in [0.5, 0.6) is 0 Å². The van der Waals surface area contributed by atoms with Crippen molar-refractivity contribution in [3.05, 3.63) is 45.6 Å². The summed E-state index contributed by atoms with van der Waals surface area (Å²) in [6.45, 7) is 13.7. The van der Waals surface area contributed by atoms with Gasteiger partial charge in [0.2, 0.25) is 0 Å². The Hall–Kier alpha value is -1.37. The molecular weight excluding hydrogens is 376 g/mol. The normalized spacial score (nSPS) is 24.9. The molecule has 0 saturated heterocycles. The molecule has 1 nitrogen and oxygen atoms in total. The molecule has 0 spiro atoms. The molecule has 0 radical (unpaired) electrons. The fourth-order valence-corrected chi connectivity index (χ4v) is 6.43. The maximum absolute atomic E-state index is 14.4. The van der Waals surface area contributed by atoms with Crippen LogP contribution < -0.4 is 0 Å². The smallest absolute Gasteiger partial charge is 0.173 e. The van der Waals surface area contributed by atoms with Gasteiger partial charge in [-0.2, -0.15) is 0 Å². The predicted octanol–water partition coefficient (Wildman–Crippen LogP) is 9.06. The van der Waals surface area contributed by atoms with Crippen molar-refractivity contribution >= 4 is 5.78 Å². The van der Waals surface area contributed by atoms with Crippen LogP contribution in [0.4, 0.5) is 0 Å².